The molecule has 1 aliphatic heterocycles. The van der Waals surface area contributed by atoms with Crippen molar-refractivity contribution in [2.75, 3.05) is 18.1 Å². The molecule has 4 nitrogen and oxygen atoms in total. The minimum Gasteiger partial charge on any atom is -0.306 e. The lowest BCUT2D eigenvalue weighted by molar-refractivity contribution is 0.0942. The first-order valence-electron chi connectivity index (χ1n) is 5.70. The number of carbonyl (C=O) groups excluding carboxylic acids is 1. The van der Waals surface area contributed by atoms with Crippen LogP contribution in [0.2, 0.25) is 0 Å². The maximum atomic E-state index is 12.2. The molecule has 1 unspecified atom stereocenters. The van der Waals surface area contributed by atoms with Crippen LogP contribution in [-0.2, 0) is 6.54 Å². The van der Waals surface area contributed by atoms with Crippen LogP contribution in [0.15, 0.2) is 12.3 Å². The molecule has 16 heavy (non-hydrogen) atoms. The van der Waals surface area contributed by atoms with E-state index in [0.29, 0.717) is 0 Å². The van der Waals surface area contributed by atoms with Crippen molar-refractivity contribution in [1.29, 1.82) is 0 Å². The van der Waals surface area contributed by atoms with Crippen LogP contribution in [0, 0.1) is 0 Å². The standard InChI is InChI=1S/C11H17N3OS/c1-2-6-14-10(3-4-13-14)11(15)9-8-16-7-5-12-9/h3-4,9,12H,2,5-8H2,1H3. The molecule has 5 heteroatoms. The molecule has 1 N–H and O–H groups in total. The number of rotatable bonds is 4. The molecule has 1 aliphatic rings. The van der Waals surface area contributed by atoms with Crippen molar-refractivity contribution in [3.8, 4) is 0 Å². The second-order valence-corrected chi connectivity index (χ2v) is 5.04. The summed E-state index contributed by atoms with van der Waals surface area (Å²) in [5.74, 6) is 2.15. The number of hydrogen-bond acceptors (Lipinski definition) is 4. The van der Waals surface area contributed by atoms with Crippen molar-refractivity contribution in [3.63, 3.8) is 0 Å². The first-order valence-corrected chi connectivity index (χ1v) is 6.85. The summed E-state index contributed by atoms with van der Waals surface area (Å²) in [6, 6.07) is 1.78. The average Bonchev–Trinajstić information content (AvgIpc) is 2.78. The number of thioether (sulfide) groups is 1. The van der Waals surface area contributed by atoms with Crippen molar-refractivity contribution < 1.29 is 4.79 Å². The fourth-order valence-corrected chi connectivity index (χ4v) is 2.78. The van der Waals surface area contributed by atoms with Gasteiger partial charge >= 0.3 is 0 Å². The lowest BCUT2D eigenvalue weighted by Crippen LogP contribution is -2.44. The van der Waals surface area contributed by atoms with E-state index in [0.717, 1.165) is 36.7 Å². The molecule has 2 heterocycles. The molecule has 0 radical (unpaired) electrons. The van der Waals surface area contributed by atoms with Gasteiger partial charge in [0.2, 0.25) is 0 Å². The topological polar surface area (TPSA) is 46.9 Å². The third-order valence-corrected chi connectivity index (χ3v) is 3.70. The summed E-state index contributed by atoms with van der Waals surface area (Å²) in [5, 5.41) is 7.45. The van der Waals surface area contributed by atoms with Gasteiger partial charge in [0.1, 0.15) is 5.69 Å². The maximum Gasteiger partial charge on any atom is 0.198 e. The van der Waals surface area contributed by atoms with Gasteiger partial charge in [0.25, 0.3) is 0 Å². The van der Waals surface area contributed by atoms with Crippen molar-refractivity contribution in [2.45, 2.75) is 25.9 Å². The van der Waals surface area contributed by atoms with Gasteiger partial charge in [-0.25, -0.2) is 0 Å². The summed E-state index contributed by atoms with van der Waals surface area (Å²) < 4.78 is 1.81. The fraction of sp³-hybridized carbons (Fsp3) is 0.636. The van der Waals surface area contributed by atoms with Crippen LogP contribution in [-0.4, -0.2) is 39.7 Å². The number of hydrogen-bond donors (Lipinski definition) is 1. The number of ketones is 1. The lowest BCUT2D eigenvalue weighted by Gasteiger charge is -2.22. The second-order valence-electron chi connectivity index (χ2n) is 3.89. The van der Waals surface area contributed by atoms with Gasteiger partial charge in [0, 0.05) is 30.8 Å². The van der Waals surface area contributed by atoms with E-state index in [9.17, 15) is 4.79 Å². The van der Waals surface area contributed by atoms with Crippen LogP contribution >= 0.6 is 11.8 Å². The van der Waals surface area contributed by atoms with Crippen LogP contribution in [0.3, 0.4) is 0 Å². The normalized spacial score (nSPS) is 20.9. The number of carbonyl (C=O) groups is 1. The zero-order valence-corrected chi connectivity index (χ0v) is 10.3. The molecule has 0 aliphatic carbocycles. The van der Waals surface area contributed by atoms with Gasteiger partial charge in [-0.1, -0.05) is 6.92 Å². The first-order chi connectivity index (χ1) is 7.83. The highest BCUT2D eigenvalue weighted by atomic mass is 32.2. The Morgan fingerprint density at radius 2 is 2.62 bits per heavy atom. The van der Waals surface area contributed by atoms with Gasteiger partial charge in [0.15, 0.2) is 5.78 Å². The highest BCUT2D eigenvalue weighted by Gasteiger charge is 2.24. The summed E-state index contributed by atoms with van der Waals surface area (Å²) >= 11 is 1.83. The molecular weight excluding hydrogens is 222 g/mol. The molecule has 0 aromatic carbocycles. The molecular formula is C11H17N3OS. The van der Waals surface area contributed by atoms with E-state index in [4.69, 9.17) is 0 Å². The van der Waals surface area contributed by atoms with E-state index in [-0.39, 0.29) is 11.8 Å². The van der Waals surface area contributed by atoms with Crippen LogP contribution in [0.4, 0.5) is 0 Å². The van der Waals surface area contributed by atoms with E-state index >= 15 is 0 Å². The molecule has 1 fully saturated rings. The van der Waals surface area contributed by atoms with Crippen molar-refractivity contribution in [1.82, 2.24) is 15.1 Å². The zero-order chi connectivity index (χ0) is 11.4. The van der Waals surface area contributed by atoms with Crippen LogP contribution in [0.1, 0.15) is 23.8 Å². The van der Waals surface area contributed by atoms with E-state index in [1.165, 1.54) is 0 Å². The van der Waals surface area contributed by atoms with Gasteiger partial charge in [-0.2, -0.15) is 16.9 Å². The number of aromatic nitrogens is 2. The van der Waals surface area contributed by atoms with Gasteiger partial charge in [-0.3, -0.25) is 9.48 Å². The predicted molar refractivity (Wildman–Crippen MR) is 66.0 cm³/mol. The van der Waals surface area contributed by atoms with Crippen molar-refractivity contribution >= 4 is 17.5 Å². The minimum absolute atomic E-state index is 0.0361. The number of Topliss-reactive ketones (excluding diaryl/α,β-unsaturated/α-hetero) is 1. The van der Waals surface area contributed by atoms with Gasteiger partial charge in [0.05, 0.1) is 6.04 Å². The Hall–Kier alpha value is -0.810. The molecule has 88 valence electrons. The van der Waals surface area contributed by atoms with Gasteiger partial charge < -0.3 is 5.32 Å². The van der Waals surface area contributed by atoms with E-state index in [1.807, 2.05) is 22.5 Å². The summed E-state index contributed by atoms with van der Waals surface area (Å²) in [6.45, 7) is 3.82. The molecule has 1 aromatic rings. The summed E-state index contributed by atoms with van der Waals surface area (Å²) in [7, 11) is 0. The molecule has 0 saturated carbocycles. The minimum atomic E-state index is -0.0361. The third kappa shape index (κ3) is 2.47. The molecule has 0 bridgehead atoms. The van der Waals surface area contributed by atoms with E-state index in [2.05, 4.69) is 17.3 Å². The van der Waals surface area contributed by atoms with Gasteiger partial charge in [-0.05, 0) is 12.5 Å². The average molecular weight is 239 g/mol. The third-order valence-electron chi connectivity index (χ3n) is 2.64. The maximum absolute atomic E-state index is 12.2. The fourth-order valence-electron chi connectivity index (χ4n) is 1.84. The molecule has 1 aromatic heterocycles. The molecule has 1 saturated heterocycles. The van der Waals surface area contributed by atoms with Crippen molar-refractivity contribution in [3.05, 3.63) is 18.0 Å². The number of nitrogens with one attached hydrogen (secondary N) is 1. The van der Waals surface area contributed by atoms with E-state index < -0.39 is 0 Å². The highest BCUT2D eigenvalue weighted by molar-refractivity contribution is 7.99. The number of nitrogens with zero attached hydrogens (tertiary/aromatic N) is 2. The summed E-state index contributed by atoms with van der Waals surface area (Å²) in [6.07, 6.45) is 2.70. The van der Waals surface area contributed by atoms with Crippen LogP contribution in [0.5, 0.6) is 0 Å². The van der Waals surface area contributed by atoms with Crippen LogP contribution < -0.4 is 5.32 Å². The lowest BCUT2D eigenvalue weighted by atomic mass is 10.1. The van der Waals surface area contributed by atoms with Crippen molar-refractivity contribution in [2.24, 2.45) is 0 Å². The Morgan fingerprint density at radius 3 is 3.31 bits per heavy atom. The Labute approximate surface area is 99.8 Å². The van der Waals surface area contributed by atoms with Crippen LogP contribution in [0.25, 0.3) is 0 Å². The smallest absolute Gasteiger partial charge is 0.198 e. The highest BCUT2D eigenvalue weighted by Crippen LogP contribution is 2.12. The SMILES string of the molecule is CCCn1nccc1C(=O)C1CSCCN1. The molecule has 1 atom stereocenters. The molecule has 0 amide bonds. The van der Waals surface area contributed by atoms with Gasteiger partial charge in [-0.15, -0.1) is 0 Å². The monoisotopic (exact) mass is 239 g/mol. The zero-order valence-electron chi connectivity index (χ0n) is 9.48. The molecule has 0 spiro atoms. The summed E-state index contributed by atoms with van der Waals surface area (Å²) in [5.41, 5.74) is 0.738. The first kappa shape index (κ1) is 11.7. The largest absolute Gasteiger partial charge is 0.306 e. The summed E-state index contributed by atoms with van der Waals surface area (Å²) in [4.78, 5) is 12.2. The van der Waals surface area contributed by atoms with E-state index in [1.54, 1.807) is 6.20 Å². The number of aryl methyl sites for hydroxylation is 1. The second kappa shape index (κ2) is 5.50. The predicted octanol–water partition coefficient (Wildman–Crippen LogP) is 1.18. The molecule has 2 rings (SSSR count). The quantitative estimate of drug-likeness (QED) is 0.802. The Morgan fingerprint density at radius 1 is 1.75 bits per heavy atom. The Bertz CT molecular complexity index is 358. The Balaban J connectivity index is 2.09. The Kier molecular flexibility index (Phi) is 4.01.